The second-order valence-corrected chi connectivity index (χ2v) is 3.91. The molecular weight excluding hydrogens is 214 g/mol. The number of rotatable bonds is 5. The van der Waals surface area contributed by atoms with Gasteiger partial charge in [-0.25, -0.2) is 4.98 Å². The lowest BCUT2D eigenvalue weighted by atomic mass is 10.2. The van der Waals surface area contributed by atoms with Crippen LogP contribution >= 0.6 is 11.6 Å². The van der Waals surface area contributed by atoms with Crippen molar-refractivity contribution in [3.8, 4) is 5.88 Å². The van der Waals surface area contributed by atoms with Gasteiger partial charge in [-0.05, 0) is 25.0 Å². The topological polar surface area (TPSA) is 42.4 Å². The van der Waals surface area contributed by atoms with Gasteiger partial charge in [0.05, 0.1) is 12.7 Å². The molecule has 1 aromatic rings. The molecule has 1 N–H and O–H groups in total. The van der Waals surface area contributed by atoms with Crippen molar-refractivity contribution in [2.45, 2.75) is 39.4 Å². The van der Waals surface area contributed by atoms with E-state index in [4.69, 9.17) is 21.4 Å². The molecule has 15 heavy (non-hydrogen) atoms. The number of aliphatic hydroxyl groups excluding tert-OH is 1. The molecule has 1 heterocycles. The predicted molar refractivity (Wildman–Crippen MR) is 60.2 cm³/mol. The van der Waals surface area contributed by atoms with E-state index in [2.05, 4.69) is 11.9 Å². The van der Waals surface area contributed by atoms with Gasteiger partial charge in [0.25, 0.3) is 0 Å². The van der Waals surface area contributed by atoms with Crippen molar-refractivity contribution >= 4 is 11.6 Å². The summed E-state index contributed by atoms with van der Waals surface area (Å²) in [5, 5.41) is 9.33. The first-order valence-electron chi connectivity index (χ1n) is 5.09. The highest BCUT2D eigenvalue weighted by Gasteiger charge is 2.08. The van der Waals surface area contributed by atoms with E-state index in [1.165, 1.54) is 0 Å². The van der Waals surface area contributed by atoms with Gasteiger partial charge in [-0.1, -0.05) is 24.9 Å². The zero-order valence-electron chi connectivity index (χ0n) is 9.03. The average molecular weight is 230 g/mol. The molecule has 0 bridgehead atoms. The normalized spacial score (nSPS) is 12.5. The lowest BCUT2D eigenvalue weighted by Crippen LogP contribution is -2.12. The summed E-state index contributed by atoms with van der Waals surface area (Å²) in [6, 6.07) is 1.67. The summed E-state index contributed by atoms with van der Waals surface area (Å²) in [6.45, 7) is 4.03. The summed E-state index contributed by atoms with van der Waals surface area (Å²) in [5.74, 6) is 0.440. The first-order chi connectivity index (χ1) is 7.17. The Morgan fingerprint density at radius 1 is 1.60 bits per heavy atom. The molecule has 0 aliphatic heterocycles. The van der Waals surface area contributed by atoms with Crippen LogP contribution in [-0.2, 0) is 6.61 Å². The fraction of sp³-hybridized carbons (Fsp3) is 0.545. The minimum atomic E-state index is -0.0580. The highest BCUT2D eigenvalue weighted by atomic mass is 35.5. The van der Waals surface area contributed by atoms with Gasteiger partial charge in [-0.15, -0.1) is 0 Å². The van der Waals surface area contributed by atoms with Crippen LogP contribution in [0.3, 0.4) is 0 Å². The maximum atomic E-state index is 8.88. The number of ether oxygens (including phenoxy) is 1. The van der Waals surface area contributed by atoms with E-state index in [1.807, 2.05) is 6.92 Å². The zero-order valence-corrected chi connectivity index (χ0v) is 9.79. The smallest absolute Gasteiger partial charge is 0.232 e. The predicted octanol–water partition coefficient (Wildman–Crippen LogP) is 2.79. The van der Waals surface area contributed by atoms with Gasteiger partial charge >= 0.3 is 0 Å². The molecule has 1 atom stereocenters. The van der Waals surface area contributed by atoms with Crippen LogP contribution in [0.5, 0.6) is 5.88 Å². The van der Waals surface area contributed by atoms with E-state index in [-0.39, 0.29) is 12.7 Å². The summed E-state index contributed by atoms with van der Waals surface area (Å²) < 4.78 is 5.56. The van der Waals surface area contributed by atoms with Gasteiger partial charge in [0.1, 0.15) is 5.02 Å². The van der Waals surface area contributed by atoms with E-state index < -0.39 is 0 Å². The van der Waals surface area contributed by atoms with Gasteiger partial charge in [-0.3, -0.25) is 0 Å². The molecule has 0 saturated heterocycles. The van der Waals surface area contributed by atoms with Crippen LogP contribution in [0.4, 0.5) is 0 Å². The highest BCUT2D eigenvalue weighted by Crippen LogP contribution is 2.24. The van der Waals surface area contributed by atoms with Crippen LogP contribution in [0.25, 0.3) is 0 Å². The quantitative estimate of drug-likeness (QED) is 0.844. The molecule has 0 fully saturated rings. The third-order valence-corrected chi connectivity index (χ3v) is 2.33. The van der Waals surface area contributed by atoms with Crippen molar-refractivity contribution in [2.75, 3.05) is 0 Å². The van der Waals surface area contributed by atoms with Crippen molar-refractivity contribution in [1.82, 2.24) is 4.98 Å². The summed E-state index contributed by atoms with van der Waals surface area (Å²) in [5.41, 5.74) is 0.690. The number of hydrogen-bond donors (Lipinski definition) is 1. The maximum Gasteiger partial charge on any atom is 0.232 e. The van der Waals surface area contributed by atoms with Gasteiger partial charge in [-0.2, -0.15) is 0 Å². The standard InChI is InChI=1S/C11H16ClNO2/c1-3-4-8(2)15-11-10(12)5-9(7-14)6-13-11/h5-6,8,14H,3-4,7H2,1-2H3. The van der Waals surface area contributed by atoms with Crippen molar-refractivity contribution in [3.05, 3.63) is 22.8 Å². The van der Waals surface area contributed by atoms with E-state index in [1.54, 1.807) is 12.3 Å². The van der Waals surface area contributed by atoms with Gasteiger partial charge in [0.15, 0.2) is 0 Å². The molecule has 1 unspecified atom stereocenters. The third kappa shape index (κ3) is 3.68. The third-order valence-electron chi connectivity index (χ3n) is 2.05. The van der Waals surface area contributed by atoms with Crippen LogP contribution in [0, 0.1) is 0 Å². The van der Waals surface area contributed by atoms with Gasteiger partial charge < -0.3 is 9.84 Å². The first-order valence-corrected chi connectivity index (χ1v) is 5.47. The Morgan fingerprint density at radius 3 is 2.87 bits per heavy atom. The zero-order chi connectivity index (χ0) is 11.3. The molecule has 1 aromatic heterocycles. The van der Waals surface area contributed by atoms with E-state index >= 15 is 0 Å². The van der Waals surface area contributed by atoms with Crippen molar-refractivity contribution < 1.29 is 9.84 Å². The minimum Gasteiger partial charge on any atom is -0.474 e. The van der Waals surface area contributed by atoms with E-state index in [0.29, 0.717) is 16.5 Å². The molecule has 0 spiro atoms. The summed E-state index contributed by atoms with van der Waals surface area (Å²) in [4.78, 5) is 4.06. The molecule has 0 aliphatic rings. The number of aromatic nitrogens is 1. The molecule has 0 aromatic carbocycles. The molecular formula is C11H16ClNO2. The monoisotopic (exact) mass is 229 g/mol. The lowest BCUT2D eigenvalue weighted by Gasteiger charge is -2.13. The maximum absolute atomic E-state index is 8.88. The minimum absolute atomic E-state index is 0.0580. The molecule has 0 aliphatic carbocycles. The van der Waals surface area contributed by atoms with Crippen LogP contribution in [0.1, 0.15) is 32.3 Å². The fourth-order valence-corrected chi connectivity index (χ4v) is 1.53. The molecule has 0 saturated carbocycles. The Balaban J connectivity index is 2.69. The summed E-state index contributed by atoms with van der Waals surface area (Å²) in [6.07, 6.45) is 3.72. The first kappa shape index (κ1) is 12.3. The van der Waals surface area contributed by atoms with Crippen molar-refractivity contribution in [2.24, 2.45) is 0 Å². The van der Waals surface area contributed by atoms with Crippen LogP contribution < -0.4 is 4.74 Å². The molecule has 3 nitrogen and oxygen atoms in total. The second-order valence-electron chi connectivity index (χ2n) is 3.51. The number of hydrogen-bond acceptors (Lipinski definition) is 3. The number of halogens is 1. The van der Waals surface area contributed by atoms with Crippen LogP contribution in [-0.4, -0.2) is 16.2 Å². The summed E-state index contributed by atoms with van der Waals surface area (Å²) in [7, 11) is 0. The van der Waals surface area contributed by atoms with Crippen LogP contribution in [0.15, 0.2) is 12.3 Å². The molecule has 0 amide bonds. The Hall–Kier alpha value is -0.800. The van der Waals surface area contributed by atoms with E-state index in [9.17, 15) is 0 Å². The Kier molecular flexibility index (Phi) is 4.85. The van der Waals surface area contributed by atoms with Crippen molar-refractivity contribution in [1.29, 1.82) is 0 Å². The number of nitrogens with zero attached hydrogens (tertiary/aromatic N) is 1. The Morgan fingerprint density at radius 2 is 2.33 bits per heavy atom. The SMILES string of the molecule is CCCC(C)Oc1ncc(CO)cc1Cl. The average Bonchev–Trinajstić information content (AvgIpc) is 2.21. The lowest BCUT2D eigenvalue weighted by molar-refractivity contribution is 0.201. The Bertz CT molecular complexity index is 317. The molecule has 0 radical (unpaired) electrons. The van der Waals surface area contributed by atoms with E-state index in [0.717, 1.165) is 12.8 Å². The Labute approximate surface area is 95.1 Å². The fourth-order valence-electron chi connectivity index (χ4n) is 1.29. The molecule has 4 heteroatoms. The number of aliphatic hydroxyl groups is 1. The summed E-state index contributed by atoms with van der Waals surface area (Å²) >= 11 is 5.95. The largest absolute Gasteiger partial charge is 0.474 e. The highest BCUT2D eigenvalue weighted by molar-refractivity contribution is 6.31. The second kappa shape index (κ2) is 5.93. The molecule has 84 valence electrons. The van der Waals surface area contributed by atoms with Crippen molar-refractivity contribution in [3.63, 3.8) is 0 Å². The number of pyridine rings is 1. The van der Waals surface area contributed by atoms with Crippen LogP contribution in [0.2, 0.25) is 5.02 Å². The molecule has 1 rings (SSSR count). The van der Waals surface area contributed by atoms with Gasteiger partial charge in [0.2, 0.25) is 5.88 Å². The van der Waals surface area contributed by atoms with Gasteiger partial charge in [0, 0.05) is 6.20 Å².